The molecule has 0 atom stereocenters. The van der Waals surface area contributed by atoms with Gasteiger partial charge in [0.25, 0.3) is 0 Å². The maximum absolute atomic E-state index is 12.6. The number of rotatable bonds is 9. The van der Waals surface area contributed by atoms with Crippen molar-refractivity contribution in [2.24, 2.45) is 0 Å². The van der Waals surface area contributed by atoms with E-state index in [1.54, 1.807) is 19.2 Å². The van der Waals surface area contributed by atoms with Crippen molar-refractivity contribution in [3.8, 4) is 0 Å². The summed E-state index contributed by atoms with van der Waals surface area (Å²) < 4.78 is 27.2. The summed E-state index contributed by atoms with van der Waals surface area (Å²) in [6.07, 6.45) is 3.40. The Morgan fingerprint density at radius 1 is 1.52 bits per heavy atom. The number of thiophene rings is 1. The first-order valence-electron chi connectivity index (χ1n) is 6.88. The molecule has 1 aromatic heterocycles. The molecule has 1 rings (SSSR count). The Morgan fingerprint density at radius 2 is 2.19 bits per heavy atom. The Kier molecular flexibility index (Phi) is 7.56. The first-order chi connectivity index (χ1) is 9.78. The molecule has 7 heteroatoms. The topological polar surface area (TPSA) is 49.4 Å². The Hall–Kier alpha value is -0.210. The van der Waals surface area contributed by atoms with Gasteiger partial charge in [0.2, 0.25) is 10.0 Å². The normalized spacial score (nSPS) is 12.3. The van der Waals surface area contributed by atoms with E-state index in [-0.39, 0.29) is 0 Å². The molecule has 1 N–H and O–H groups in total. The van der Waals surface area contributed by atoms with E-state index < -0.39 is 10.0 Å². The van der Waals surface area contributed by atoms with Crippen LogP contribution in [0.15, 0.2) is 27.4 Å². The van der Waals surface area contributed by atoms with Crippen molar-refractivity contribution >= 4 is 37.3 Å². The van der Waals surface area contributed by atoms with E-state index in [2.05, 4.69) is 41.7 Å². The summed E-state index contributed by atoms with van der Waals surface area (Å²) in [6, 6.07) is 2.12. The lowest BCUT2D eigenvalue weighted by atomic mass is 10.3. The fraction of sp³-hybridized carbons (Fsp3) is 0.571. The average molecular weight is 395 g/mol. The van der Waals surface area contributed by atoms with Crippen molar-refractivity contribution < 1.29 is 8.42 Å². The standard InChI is InChI=1S/C14H23BrN2O2S2/c1-5-6-7-8-17(4)21(18,19)13-9-12(20-14(13)15)10-16-11(2)3/h5,9,11,16H,1,6-8,10H2,2-4H3. The molecule has 21 heavy (non-hydrogen) atoms. The third kappa shape index (κ3) is 5.49. The van der Waals surface area contributed by atoms with Gasteiger partial charge < -0.3 is 5.32 Å². The maximum atomic E-state index is 12.6. The predicted molar refractivity (Wildman–Crippen MR) is 93.2 cm³/mol. The second-order valence-electron chi connectivity index (χ2n) is 5.14. The Labute approximate surface area is 140 Å². The van der Waals surface area contributed by atoms with E-state index >= 15 is 0 Å². The van der Waals surface area contributed by atoms with Gasteiger partial charge in [-0.1, -0.05) is 19.9 Å². The van der Waals surface area contributed by atoms with Crippen molar-refractivity contribution in [2.75, 3.05) is 13.6 Å². The van der Waals surface area contributed by atoms with Gasteiger partial charge in [0.15, 0.2) is 0 Å². The van der Waals surface area contributed by atoms with Crippen LogP contribution in [0.25, 0.3) is 0 Å². The van der Waals surface area contributed by atoms with E-state index in [1.165, 1.54) is 15.6 Å². The molecule has 120 valence electrons. The molecule has 0 aliphatic heterocycles. The summed E-state index contributed by atoms with van der Waals surface area (Å²) in [7, 11) is -1.81. The number of halogens is 1. The fourth-order valence-electron chi connectivity index (χ4n) is 1.71. The van der Waals surface area contributed by atoms with E-state index in [9.17, 15) is 8.42 Å². The first-order valence-corrected chi connectivity index (χ1v) is 9.92. The SMILES string of the molecule is C=CCCCN(C)S(=O)(=O)c1cc(CNC(C)C)sc1Br. The van der Waals surface area contributed by atoms with E-state index in [0.29, 0.717) is 27.8 Å². The van der Waals surface area contributed by atoms with Crippen LogP contribution in [-0.4, -0.2) is 32.4 Å². The highest BCUT2D eigenvalue weighted by molar-refractivity contribution is 9.11. The van der Waals surface area contributed by atoms with Gasteiger partial charge in [-0.15, -0.1) is 17.9 Å². The third-order valence-electron chi connectivity index (χ3n) is 2.96. The molecule has 0 radical (unpaired) electrons. The van der Waals surface area contributed by atoms with Crippen LogP contribution >= 0.6 is 27.3 Å². The van der Waals surface area contributed by atoms with Gasteiger partial charge in [0.05, 0.1) is 3.79 Å². The molecule has 0 aromatic carbocycles. The van der Waals surface area contributed by atoms with Crippen LogP contribution < -0.4 is 5.32 Å². The second-order valence-corrected chi connectivity index (χ2v) is 9.61. The molecule has 0 fully saturated rings. The minimum Gasteiger partial charge on any atom is -0.310 e. The monoisotopic (exact) mass is 394 g/mol. The smallest absolute Gasteiger partial charge is 0.244 e. The molecule has 0 spiro atoms. The zero-order valence-electron chi connectivity index (χ0n) is 12.7. The van der Waals surface area contributed by atoms with Crippen molar-refractivity contribution in [3.05, 3.63) is 27.4 Å². The average Bonchev–Trinajstić information content (AvgIpc) is 2.78. The van der Waals surface area contributed by atoms with Crippen LogP contribution in [0.1, 0.15) is 31.6 Å². The van der Waals surface area contributed by atoms with E-state index in [1.807, 2.05) is 0 Å². The lowest BCUT2D eigenvalue weighted by Gasteiger charge is -2.16. The summed E-state index contributed by atoms with van der Waals surface area (Å²) in [6.45, 7) is 8.95. The zero-order valence-corrected chi connectivity index (χ0v) is 15.9. The second kappa shape index (κ2) is 8.43. The van der Waals surface area contributed by atoms with E-state index in [4.69, 9.17) is 0 Å². The van der Waals surface area contributed by atoms with Crippen LogP contribution in [-0.2, 0) is 16.6 Å². The zero-order chi connectivity index (χ0) is 16.0. The Morgan fingerprint density at radius 3 is 2.76 bits per heavy atom. The summed E-state index contributed by atoms with van der Waals surface area (Å²) in [4.78, 5) is 1.36. The third-order valence-corrected chi connectivity index (χ3v) is 7.07. The lowest BCUT2D eigenvalue weighted by molar-refractivity contribution is 0.462. The molecular formula is C14H23BrN2O2S2. The molecule has 0 saturated carbocycles. The molecule has 0 bridgehead atoms. The van der Waals surface area contributed by atoms with Crippen LogP contribution in [0.5, 0.6) is 0 Å². The summed E-state index contributed by atoms with van der Waals surface area (Å²) in [5, 5.41) is 3.29. The van der Waals surface area contributed by atoms with Crippen molar-refractivity contribution in [1.82, 2.24) is 9.62 Å². The Balaban J connectivity index is 2.85. The quantitative estimate of drug-likeness (QED) is 0.514. The largest absolute Gasteiger partial charge is 0.310 e. The number of nitrogens with zero attached hydrogens (tertiary/aromatic N) is 1. The molecule has 4 nitrogen and oxygen atoms in total. The van der Waals surface area contributed by atoms with Crippen molar-refractivity contribution in [3.63, 3.8) is 0 Å². The van der Waals surface area contributed by atoms with Crippen LogP contribution in [0, 0.1) is 0 Å². The summed E-state index contributed by atoms with van der Waals surface area (Å²) >= 11 is 4.84. The highest BCUT2D eigenvalue weighted by Gasteiger charge is 2.25. The molecule has 0 aliphatic carbocycles. The molecule has 0 aliphatic rings. The van der Waals surface area contributed by atoms with Crippen LogP contribution in [0.4, 0.5) is 0 Å². The molecule has 0 amide bonds. The number of unbranched alkanes of at least 4 members (excludes halogenated alkanes) is 1. The molecular weight excluding hydrogens is 372 g/mol. The van der Waals surface area contributed by atoms with Gasteiger partial charge in [-0.05, 0) is 34.8 Å². The van der Waals surface area contributed by atoms with E-state index in [0.717, 1.165) is 17.7 Å². The van der Waals surface area contributed by atoms with Gasteiger partial charge >= 0.3 is 0 Å². The van der Waals surface area contributed by atoms with Crippen molar-refractivity contribution in [2.45, 2.75) is 44.2 Å². The summed E-state index contributed by atoms with van der Waals surface area (Å²) in [5.74, 6) is 0. The van der Waals surface area contributed by atoms with Gasteiger partial charge in [-0.2, -0.15) is 0 Å². The number of allylic oxidation sites excluding steroid dienone is 1. The minimum absolute atomic E-state index is 0.356. The molecule has 1 heterocycles. The van der Waals surface area contributed by atoms with Gasteiger partial charge in [0, 0.05) is 31.1 Å². The number of sulfonamides is 1. The van der Waals surface area contributed by atoms with Gasteiger partial charge in [-0.3, -0.25) is 0 Å². The highest BCUT2D eigenvalue weighted by Crippen LogP contribution is 2.33. The van der Waals surface area contributed by atoms with Crippen LogP contribution in [0.3, 0.4) is 0 Å². The van der Waals surface area contributed by atoms with Gasteiger partial charge in [-0.25, -0.2) is 12.7 Å². The first kappa shape index (κ1) is 18.8. The minimum atomic E-state index is -3.43. The predicted octanol–water partition coefficient (Wildman–Crippen LogP) is 3.60. The van der Waals surface area contributed by atoms with Crippen LogP contribution in [0.2, 0.25) is 0 Å². The highest BCUT2D eigenvalue weighted by atomic mass is 79.9. The van der Waals surface area contributed by atoms with Crippen molar-refractivity contribution in [1.29, 1.82) is 0 Å². The number of hydrogen-bond acceptors (Lipinski definition) is 4. The number of nitrogens with one attached hydrogen (secondary N) is 1. The number of hydrogen-bond donors (Lipinski definition) is 1. The maximum Gasteiger partial charge on any atom is 0.244 e. The molecule has 1 aromatic rings. The molecule has 0 unspecified atom stereocenters. The fourth-order valence-corrected chi connectivity index (χ4v) is 5.50. The Bertz CT molecular complexity index is 568. The summed E-state index contributed by atoms with van der Waals surface area (Å²) in [5.41, 5.74) is 0. The molecule has 0 saturated heterocycles. The lowest BCUT2D eigenvalue weighted by Crippen LogP contribution is -2.27. The van der Waals surface area contributed by atoms with Gasteiger partial charge in [0.1, 0.15) is 4.90 Å².